The van der Waals surface area contributed by atoms with E-state index in [9.17, 15) is 13.2 Å². The topological polar surface area (TPSA) is 89.3 Å². The number of aromatic nitrogens is 1. The van der Waals surface area contributed by atoms with Crippen LogP contribution in [0.25, 0.3) is 11.1 Å². The van der Waals surface area contributed by atoms with Crippen molar-refractivity contribution in [3.05, 3.63) is 18.2 Å². The van der Waals surface area contributed by atoms with E-state index in [4.69, 9.17) is 16.0 Å². The summed E-state index contributed by atoms with van der Waals surface area (Å²) in [6.45, 7) is 5.48. The van der Waals surface area contributed by atoms with E-state index in [-0.39, 0.29) is 10.8 Å². The van der Waals surface area contributed by atoms with Crippen molar-refractivity contribution in [2.24, 2.45) is 5.92 Å². The Balaban J connectivity index is 2.31. The largest absolute Gasteiger partial charge is 0.431 e. The van der Waals surface area contributed by atoms with Gasteiger partial charge in [-0.1, -0.05) is 32.5 Å². The van der Waals surface area contributed by atoms with Gasteiger partial charge in [0, 0.05) is 11.8 Å². The number of oxazole rings is 1. The van der Waals surface area contributed by atoms with Gasteiger partial charge in [0.1, 0.15) is 5.52 Å². The maximum Gasteiger partial charge on any atom is 0.256 e. The third-order valence-electron chi connectivity index (χ3n) is 3.27. The van der Waals surface area contributed by atoms with Gasteiger partial charge in [-0.05, 0) is 36.1 Å². The highest BCUT2D eigenvalue weighted by Crippen LogP contribution is 2.26. The van der Waals surface area contributed by atoms with Crippen LogP contribution in [0.2, 0.25) is 0 Å². The van der Waals surface area contributed by atoms with Crippen molar-refractivity contribution in [3.63, 3.8) is 0 Å². The maximum atomic E-state index is 12.5. The van der Waals surface area contributed by atoms with Crippen LogP contribution in [-0.4, -0.2) is 30.4 Å². The molecular weight excluding hydrogens is 372 g/mol. The molecule has 0 bridgehead atoms. The van der Waals surface area contributed by atoms with Gasteiger partial charge in [-0.3, -0.25) is 4.79 Å². The number of thioether (sulfide) groups is 1. The van der Waals surface area contributed by atoms with Gasteiger partial charge in [0.2, 0.25) is 15.3 Å². The third kappa shape index (κ3) is 4.50. The van der Waals surface area contributed by atoms with E-state index in [1.807, 2.05) is 0 Å². The van der Waals surface area contributed by atoms with E-state index < -0.39 is 21.3 Å². The first-order valence-corrected chi connectivity index (χ1v) is 10.3. The van der Waals surface area contributed by atoms with Gasteiger partial charge < -0.3 is 4.42 Å². The van der Waals surface area contributed by atoms with Crippen LogP contribution >= 0.6 is 23.4 Å². The molecule has 0 saturated carbocycles. The first-order valence-electron chi connectivity index (χ1n) is 7.49. The average molecular weight is 391 g/mol. The highest BCUT2D eigenvalue weighted by Gasteiger charge is 2.27. The summed E-state index contributed by atoms with van der Waals surface area (Å²) >= 11 is 6.96. The molecule has 2 aromatic rings. The molecule has 1 heterocycles. The van der Waals surface area contributed by atoms with Crippen LogP contribution in [0.4, 0.5) is 0 Å². The van der Waals surface area contributed by atoms with Crippen LogP contribution in [0.1, 0.15) is 27.2 Å². The Morgan fingerprint density at radius 2 is 2.12 bits per heavy atom. The lowest BCUT2D eigenvalue weighted by molar-refractivity contribution is -0.113. The zero-order valence-corrected chi connectivity index (χ0v) is 16.0. The molecule has 132 valence electrons. The number of hydrogen-bond donors (Lipinski definition) is 1. The minimum atomic E-state index is -3.90. The number of nitrogens with one attached hydrogen (secondary N) is 1. The number of sulfonamides is 1. The fraction of sp³-hybridized carbons (Fsp3) is 0.467. The van der Waals surface area contributed by atoms with E-state index in [0.29, 0.717) is 16.3 Å². The van der Waals surface area contributed by atoms with Gasteiger partial charge in [0.05, 0.1) is 10.9 Å². The van der Waals surface area contributed by atoms with Gasteiger partial charge in [0.15, 0.2) is 5.58 Å². The summed E-state index contributed by atoms with van der Waals surface area (Å²) in [5.74, 6) is 0.601. The van der Waals surface area contributed by atoms with Crippen LogP contribution in [0.5, 0.6) is 0 Å². The predicted molar refractivity (Wildman–Crippen MR) is 94.8 cm³/mol. The summed E-state index contributed by atoms with van der Waals surface area (Å²) in [5.41, 5.74) is 0.969. The summed E-state index contributed by atoms with van der Waals surface area (Å²) in [6, 6.07) is 3.42. The second-order valence-electron chi connectivity index (χ2n) is 5.60. The SMILES string of the molecule is CCCSc1nc2ccc(S(=O)(=O)N[C@@H](C(=O)Cl)C(C)C)cc2o1. The summed E-state index contributed by atoms with van der Waals surface area (Å²) < 4.78 is 32.9. The molecule has 2 rings (SSSR count). The summed E-state index contributed by atoms with van der Waals surface area (Å²) in [6.07, 6.45) is 0.982. The Hall–Kier alpha value is -1.09. The zero-order chi connectivity index (χ0) is 17.9. The number of fused-ring (bicyclic) bond motifs is 1. The van der Waals surface area contributed by atoms with E-state index >= 15 is 0 Å². The number of carbonyl (C=O) groups is 1. The zero-order valence-electron chi connectivity index (χ0n) is 13.6. The average Bonchev–Trinajstić information content (AvgIpc) is 2.92. The van der Waals surface area contributed by atoms with Gasteiger partial charge >= 0.3 is 0 Å². The molecule has 0 amide bonds. The lowest BCUT2D eigenvalue weighted by Gasteiger charge is -2.18. The van der Waals surface area contributed by atoms with Crippen LogP contribution in [-0.2, 0) is 14.8 Å². The summed E-state index contributed by atoms with van der Waals surface area (Å²) in [7, 11) is -3.90. The number of nitrogens with zero attached hydrogens (tertiary/aromatic N) is 1. The van der Waals surface area contributed by atoms with E-state index in [0.717, 1.165) is 12.2 Å². The summed E-state index contributed by atoms with van der Waals surface area (Å²) in [4.78, 5) is 15.7. The first-order chi connectivity index (χ1) is 11.2. The molecule has 0 aliphatic carbocycles. The third-order valence-corrected chi connectivity index (χ3v) is 5.98. The minimum absolute atomic E-state index is 0.00163. The lowest BCUT2D eigenvalue weighted by Crippen LogP contribution is -2.42. The molecular formula is C15H19ClN2O4S2. The summed E-state index contributed by atoms with van der Waals surface area (Å²) in [5, 5.41) is -0.238. The van der Waals surface area contributed by atoms with Crippen molar-refractivity contribution in [2.45, 2.75) is 43.4 Å². The molecule has 1 atom stereocenters. The standard InChI is InChI=1S/C15H19ClN2O4S2/c1-4-7-23-15-17-11-6-5-10(8-12(11)22-15)24(20,21)18-13(9(2)3)14(16)19/h5-6,8-9,13,18H,4,7H2,1-3H3/t13-/m1/s1. The van der Waals surface area contributed by atoms with Crippen molar-refractivity contribution in [2.75, 3.05) is 5.75 Å². The molecule has 1 aromatic carbocycles. The van der Waals surface area contributed by atoms with Gasteiger partial charge in [-0.25, -0.2) is 13.4 Å². The number of hydrogen-bond acceptors (Lipinski definition) is 6. The van der Waals surface area contributed by atoms with Crippen molar-refractivity contribution in [1.82, 2.24) is 9.71 Å². The number of carbonyl (C=O) groups excluding carboxylic acids is 1. The molecule has 0 aliphatic heterocycles. The molecule has 0 fully saturated rings. The van der Waals surface area contributed by atoms with Crippen LogP contribution in [0.15, 0.2) is 32.7 Å². The molecule has 0 saturated heterocycles. The van der Waals surface area contributed by atoms with Crippen molar-refractivity contribution < 1.29 is 17.6 Å². The Labute approximate surface area is 150 Å². The fourth-order valence-corrected chi connectivity index (χ4v) is 4.40. The molecule has 1 N–H and O–H groups in total. The fourth-order valence-electron chi connectivity index (χ4n) is 1.98. The monoisotopic (exact) mass is 390 g/mol. The Morgan fingerprint density at radius 3 is 2.71 bits per heavy atom. The minimum Gasteiger partial charge on any atom is -0.431 e. The Morgan fingerprint density at radius 1 is 1.42 bits per heavy atom. The van der Waals surface area contributed by atoms with Gasteiger partial charge in [-0.15, -0.1) is 0 Å². The molecule has 1 aromatic heterocycles. The van der Waals surface area contributed by atoms with Crippen LogP contribution in [0.3, 0.4) is 0 Å². The van der Waals surface area contributed by atoms with Gasteiger partial charge in [0.25, 0.3) is 5.22 Å². The van der Waals surface area contributed by atoms with E-state index in [1.54, 1.807) is 19.9 Å². The molecule has 9 heteroatoms. The van der Waals surface area contributed by atoms with Crippen molar-refractivity contribution in [1.29, 1.82) is 0 Å². The van der Waals surface area contributed by atoms with E-state index in [1.165, 1.54) is 23.9 Å². The Bertz CT molecular complexity index is 833. The van der Waals surface area contributed by atoms with Crippen molar-refractivity contribution in [3.8, 4) is 0 Å². The van der Waals surface area contributed by atoms with Crippen LogP contribution < -0.4 is 4.72 Å². The maximum absolute atomic E-state index is 12.5. The molecule has 0 spiro atoms. The smallest absolute Gasteiger partial charge is 0.256 e. The Kier molecular flexibility index (Phi) is 6.30. The highest BCUT2D eigenvalue weighted by atomic mass is 35.5. The number of rotatable bonds is 8. The number of benzene rings is 1. The second kappa shape index (κ2) is 7.86. The first kappa shape index (κ1) is 19.2. The predicted octanol–water partition coefficient (Wildman–Crippen LogP) is 3.40. The van der Waals surface area contributed by atoms with Gasteiger partial charge in [-0.2, -0.15) is 4.72 Å². The normalized spacial score (nSPS) is 13.5. The highest BCUT2D eigenvalue weighted by molar-refractivity contribution is 7.99. The quantitative estimate of drug-likeness (QED) is 0.548. The van der Waals surface area contributed by atoms with E-state index in [2.05, 4.69) is 16.6 Å². The molecule has 6 nitrogen and oxygen atoms in total. The van der Waals surface area contributed by atoms with Crippen LogP contribution in [0, 0.1) is 5.92 Å². The number of halogens is 1. The lowest BCUT2D eigenvalue weighted by atomic mass is 10.1. The molecule has 24 heavy (non-hydrogen) atoms. The van der Waals surface area contributed by atoms with Crippen molar-refractivity contribution >= 4 is 49.7 Å². The molecule has 0 unspecified atom stereocenters. The molecule has 0 radical (unpaired) electrons. The molecule has 0 aliphatic rings. The second-order valence-corrected chi connectivity index (χ2v) is 8.74.